The average molecular weight is 340 g/mol. The lowest BCUT2D eigenvalue weighted by Gasteiger charge is -2.23. The average Bonchev–Trinajstić information content (AvgIpc) is 3.06. The number of nitrogens with zero attached hydrogens (tertiary/aromatic N) is 1. The molecule has 132 valence electrons. The molecule has 25 heavy (non-hydrogen) atoms. The first-order valence-corrected chi connectivity index (χ1v) is 8.41. The van der Waals surface area contributed by atoms with Gasteiger partial charge in [0.25, 0.3) is 0 Å². The van der Waals surface area contributed by atoms with E-state index >= 15 is 0 Å². The number of hydrogen-bond acceptors (Lipinski definition) is 4. The molecule has 1 heterocycles. The summed E-state index contributed by atoms with van der Waals surface area (Å²) in [7, 11) is 3.34. The van der Waals surface area contributed by atoms with Crippen LogP contribution in [0.4, 0.5) is 0 Å². The lowest BCUT2D eigenvalue weighted by Crippen LogP contribution is -2.39. The first kappa shape index (κ1) is 17.5. The highest BCUT2D eigenvalue weighted by Gasteiger charge is 2.35. The number of hydrogen-bond donors (Lipinski definition) is 1. The van der Waals surface area contributed by atoms with E-state index in [1.165, 1.54) is 0 Å². The van der Waals surface area contributed by atoms with E-state index in [-0.39, 0.29) is 18.1 Å². The monoisotopic (exact) mass is 340 g/mol. The molecule has 0 radical (unpaired) electrons. The van der Waals surface area contributed by atoms with E-state index in [1.807, 2.05) is 24.3 Å². The van der Waals surface area contributed by atoms with E-state index in [9.17, 15) is 4.79 Å². The first-order valence-electron chi connectivity index (χ1n) is 8.41. The predicted molar refractivity (Wildman–Crippen MR) is 97.2 cm³/mol. The van der Waals surface area contributed by atoms with E-state index in [0.29, 0.717) is 19.5 Å². The molecule has 3 rings (SSSR count). The Hall–Kier alpha value is -2.37. The van der Waals surface area contributed by atoms with Gasteiger partial charge >= 0.3 is 0 Å². The van der Waals surface area contributed by atoms with Crippen molar-refractivity contribution in [1.29, 1.82) is 0 Å². The van der Waals surface area contributed by atoms with Crippen molar-refractivity contribution in [2.45, 2.75) is 25.1 Å². The molecule has 1 aliphatic rings. The highest BCUT2D eigenvalue weighted by molar-refractivity contribution is 5.80. The van der Waals surface area contributed by atoms with Gasteiger partial charge < -0.3 is 15.2 Å². The molecule has 1 aliphatic heterocycles. The summed E-state index contributed by atoms with van der Waals surface area (Å²) in [4.78, 5) is 13.8. The van der Waals surface area contributed by atoms with Gasteiger partial charge in [-0.05, 0) is 23.6 Å². The predicted octanol–water partition coefficient (Wildman–Crippen LogP) is 2.44. The van der Waals surface area contributed by atoms with Crippen molar-refractivity contribution in [3.05, 3.63) is 54.1 Å². The van der Waals surface area contributed by atoms with Crippen LogP contribution in [-0.4, -0.2) is 43.7 Å². The lowest BCUT2D eigenvalue weighted by atomic mass is 10.0. The zero-order valence-corrected chi connectivity index (χ0v) is 14.6. The Labute approximate surface area is 148 Å². The molecular weight excluding hydrogens is 316 g/mol. The van der Waals surface area contributed by atoms with Gasteiger partial charge in [0.1, 0.15) is 5.75 Å². The third kappa shape index (κ3) is 3.83. The molecule has 0 aromatic heterocycles. The molecule has 2 aromatic carbocycles. The zero-order valence-electron chi connectivity index (χ0n) is 14.6. The highest BCUT2D eigenvalue weighted by atomic mass is 16.5. The second kappa shape index (κ2) is 7.68. The summed E-state index contributed by atoms with van der Waals surface area (Å²) >= 11 is 0. The number of carbonyl (C=O) groups is 1. The van der Waals surface area contributed by atoms with Gasteiger partial charge in [0.05, 0.1) is 19.3 Å². The fourth-order valence-corrected chi connectivity index (χ4v) is 3.41. The van der Waals surface area contributed by atoms with Crippen LogP contribution in [0.5, 0.6) is 5.75 Å². The van der Waals surface area contributed by atoms with Crippen molar-refractivity contribution in [3.8, 4) is 16.9 Å². The van der Waals surface area contributed by atoms with Crippen LogP contribution in [0.1, 0.15) is 12.0 Å². The summed E-state index contributed by atoms with van der Waals surface area (Å²) in [6.45, 7) is 1.29. The maximum atomic E-state index is 11.8. The van der Waals surface area contributed by atoms with Gasteiger partial charge in [0.2, 0.25) is 5.91 Å². The van der Waals surface area contributed by atoms with E-state index < -0.39 is 0 Å². The third-order valence-electron chi connectivity index (χ3n) is 4.79. The molecule has 1 fully saturated rings. The second-order valence-corrected chi connectivity index (χ2v) is 6.33. The fraction of sp³-hybridized carbons (Fsp3) is 0.350. The van der Waals surface area contributed by atoms with Crippen molar-refractivity contribution in [2.24, 2.45) is 5.73 Å². The zero-order chi connectivity index (χ0) is 17.8. The Kier molecular flexibility index (Phi) is 5.36. The van der Waals surface area contributed by atoms with Crippen molar-refractivity contribution in [2.75, 3.05) is 20.8 Å². The number of rotatable bonds is 6. The molecule has 0 unspecified atom stereocenters. The largest absolute Gasteiger partial charge is 0.496 e. The maximum absolute atomic E-state index is 11.8. The number of benzene rings is 2. The maximum Gasteiger partial charge on any atom is 0.234 e. The van der Waals surface area contributed by atoms with Crippen LogP contribution >= 0.6 is 0 Å². The molecule has 0 bridgehead atoms. The second-order valence-electron chi connectivity index (χ2n) is 6.33. The van der Waals surface area contributed by atoms with Gasteiger partial charge in [-0.2, -0.15) is 0 Å². The van der Waals surface area contributed by atoms with Crippen LogP contribution in [0.2, 0.25) is 0 Å². The standard InChI is InChI=1S/C20H24N2O3/c1-24-17-11-18(20(21)23)22(13-17)12-16-9-8-15(10-19(16)25-2)14-6-4-3-5-7-14/h3-10,17-18H,11-13H2,1-2H3,(H2,21,23)/t17-,18-/m0/s1. The number of amides is 1. The Balaban J connectivity index is 1.84. The van der Waals surface area contributed by atoms with Crippen LogP contribution in [0.15, 0.2) is 48.5 Å². The summed E-state index contributed by atoms with van der Waals surface area (Å²) < 4.78 is 11.0. The van der Waals surface area contributed by atoms with Crippen LogP contribution < -0.4 is 10.5 Å². The van der Waals surface area contributed by atoms with Crippen molar-refractivity contribution >= 4 is 5.91 Å². The molecule has 2 N–H and O–H groups in total. The van der Waals surface area contributed by atoms with Crippen LogP contribution in [0.25, 0.3) is 11.1 Å². The van der Waals surface area contributed by atoms with Gasteiger partial charge in [0, 0.05) is 25.8 Å². The molecule has 2 aromatic rings. The minimum atomic E-state index is -0.306. The summed E-state index contributed by atoms with van der Waals surface area (Å²) in [5.74, 6) is 0.505. The van der Waals surface area contributed by atoms with E-state index in [2.05, 4.69) is 29.2 Å². The first-order chi connectivity index (χ1) is 12.1. The molecule has 0 spiro atoms. The number of primary amides is 1. The normalized spacial score (nSPS) is 20.6. The van der Waals surface area contributed by atoms with Crippen molar-refractivity contribution in [1.82, 2.24) is 4.90 Å². The molecule has 2 atom stereocenters. The van der Waals surface area contributed by atoms with Gasteiger partial charge in [0.15, 0.2) is 0 Å². The SMILES string of the molecule is COc1cc(-c2ccccc2)ccc1CN1C[C@@H](OC)C[C@H]1C(N)=O. The topological polar surface area (TPSA) is 64.8 Å². The third-order valence-corrected chi connectivity index (χ3v) is 4.79. The van der Waals surface area contributed by atoms with Gasteiger partial charge in [-0.1, -0.05) is 42.5 Å². The molecule has 0 saturated carbocycles. The molecule has 1 saturated heterocycles. The van der Waals surface area contributed by atoms with Crippen molar-refractivity contribution in [3.63, 3.8) is 0 Å². The molecule has 0 aliphatic carbocycles. The van der Waals surface area contributed by atoms with Crippen molar-refractivity contribution < 1.29 is 14.3 Å². The molecule has 1 amide bonds. The summed E-state index contributed by atoms with van der Waals surface area (Å²) in [6.07, 6.45) is 0.670. The lowest BCUT2D eigenvalue weighted by molar-refractivity contribution is -0.122. The Bertz CT molecular complexity index is 733. The summed E-state index contributed by atoms with van der Waals surface area (Å²) in [6, 6.07) is 16.0. The Morgan fingerprint density at radius 1 is 1.16 bits per heavy atom. The van der Waals surface area contributed by atoms with Crippen LogP contribution in [-0.2, 0) is 16.1 Å². The van der Waals surface area contributed by atoms with Crippen LogP contribution in [0, 0.1) is 0 Å². The Morgan fingerprint density at radius 3 is 2.56 bits per heavy atom. The van der Waals surface area contributed by atoms with Gasteiger partial charge in [-0.3, -0.25) is 9.69 Å². The number of ether oxygens (including phenoxy) is 2. The fourth-order valence-electron chi connectivity index (χ4n) is 3.41. The minimum Gasteiger partial charge on any atom is -0.496 e. The van der Waals surface area contributed by atoms with Gasteiger partial charge in [-0.25, -0.2) is 0 Å². The number of nitrogens with two attached hydrogens (primary N) is 1. The van der Waals surface area contributed by atoms with E-state index in [4.69, 9.17) is 15.2 Å². The smallest absolute Gasteiger partial charge is 0.234 e. The highest BCUT2D eigenvalue weighted by Crippen LogP contribution is 2.30. The number of carbonyl (C=O) groups excluding carboxylic acids is 1. The van der Waals surface area contributed by atoms with Gasteiger partial charge in [-0.15, -0.1) is 0 Å². The minimum absolute atomic E-state index is 0.0343. The Morgan fingerprint density at radius 2 is 1.92 bits per heavy atom. The van der Waals surface area contributed by atoms with Crippen LogP contribution in [0.3, 0.4) is 0 Å². The molecule has 5 nitrogen and oxygen atoms in total. The summed E-state index contributed by atoms with van der Waals surface area (Å²) in [5.41, 5.74) is 8.84. The van der Waals surface area contributed by atoms with E-state index in [1.54, 1.807) is 14.2 Å². The summed E-state index contributed by atoms with van der Waals surface area (Å²) in [5, 5.41) is 0. The number of likely N-dealkylation sites (tertiary alicyclic amines) is 1. The van der Waals surface area contributed by atoms with E-state index in [0.717, 1.165) is 22.4 Å². The molecule has 5 heteroatoms. The quantitative estimate of drug-likeness (QED) is 0.877. The molecular formula is C20H24N2O3. The number of methoxy groups -OCH3 is 2.